The van der Waals surface area contributed by atoms with Gasteiger partial charge in [0.15, 0.2) is 6.04 Å². The van der Waals surface area contributed by atoms with Gasteiger partial charge in [0.05, 0.1) is 13.2 Å². The Morgan fingerprint density at radius 1 is 1.21 bits per heavy atom. The number of nitrogens with one attached hydrogen (secondary N) is 1. The smallest absolute Gasteiger partial charge is 0.328 e. The van der Waals surface area contributed by atoms with Crippen molar-refractivity contribution in [1.82, 2.24) is 5.32 Å². The Bertz CT molecular complexity index is 726. The molecule has 0 bridgehead atoms. The van der Waals surface area contributed by atoms with Crippen LogP contribution in [0.15, 0.2) is 55.1 Å². The van der Waals surface area contributed by atoms with E-state index in [-0.39, 0.29) is 25.5 Å². The molecule has 5 nitrogen and oxygen atoms in total. The zero-order valence-electron chi connectivity index (χ0n) is 13.4. The summed E-state index contributed by atoms with van der Waals surface area (Å²) in [6, 6.07) is 13.0. The number of benzene rings is 2. The Hall–Kier alpha value is -2.66. The molecule has 126 valence electrons. The van der Waals surface area contributed by atoms with Crippen LogP contribution in [0, 0.1) is 0 Å². The second-order valence-electron chi connectivity index (χ2n) is 5.47. The average Bonchev–Trinajstić information content (AvgIpc) is 2.59. The third-order valence-corrected chi connectivity index (χ3v) is 3.61. The number of carbonyl (C=O) groups excluding carboxylic acids is 1. The van der Waals surface area contributed by atoms with Gasteiger partial charge in [-0.1, -0.05) is 48.5 Å². The molecule has 0 saturated carbocycles. The zero-order valence-corrected chi connectivity index (χ0v) is 13.4. The predicted molar refractivity (Wildman–Crippen MR) is 92.9 cm³/mol. The molecular weight excluding hydrogens is 306 g/mol. The van der Waals surface area contributed by atoms with E-state index in [0.717, 1.165) is 16.3 Å². The number of carboxylic acid groups (broad SMARTS) is 1. The zero-order chi connectivity index (χ0) is 17.4. The Morgan fingerprint density at radius 2 is 1.96 bits per heavy atom. The number of fused-ring (bicyclic) bond motifs is 1. The van der Waals surface area contributed by atoms with Gasteiger partial charge in [-0.15, -0.1) is 6.58 Å². The molecule has 0 fully saturated rings. The van der Waals surface area contributed by atoms with E-state index >= 15 is 0 Å². The first-order valence-electron chi connectivity index (χ1n) is 7.78. The SMILES string of the molecule is C=CCOCC(NC(=O)CCc1ccc2ccccc2c1)C(=O)O. The van der Waals surface area contributed by atoms with Crippen LogP contribution in [0.1, 0.15) is 12.0 Å². The highest BCUT2D eigenvalue weighted by Crippen LogP contribution is 2.16. The first-order valence-corrected chi connectivity index (χ1v) is 7.78. The van der Waals surface area contributed by atoms with E-state index in [1.54, 1.807) is 0 Å². The molecule has 2 aromatic carbocycles. The fourth-order valence-corrected chi connectivity index (χ4v) is 2.36. The first-order chi connectivity index (χ1) is 11.6. The summed E-state index contributed by atoms with van der Waals surface area (Å²) in [7, 11) is 0. The highest BCUT2D eigenvalue weighted by Gasteiger charge is 2.19. The molecular formula is C19H21NO4. The molecule has 1 unspecified atom stereocenters. The van der Waals surface area contributed by atoms with Gasteiger partial charge in [0, 0.05) is 6.42 Å². The van der Waals surface area contributed by atoms with E-state index in [4.69, 9.17) is 9.84 Å². The Morgan fingerprint density at radius 3 is 2.67 bits per heavy atom. The van der Waals surface area contributed by atoms with Crippen LogP contribution in [-0.4, -0.2) is 36.2 Å². The number of carboxylic acids is 1. The summed E-state index contributed by atoms with van der Waals surface area (Å²) in [5, 5.41) is 13.9. The maximum absolute atomic E-state index is 12.0. The lowest BCUT2D eigenvalue weighted by Crippen LogP contribution is -2.44. The van der Waals surface area contributed by atoms with E-state index in [0.29, 0.717) is 6.42 Å². The van der Waals surface area contributed by atoms with Crippen LogP contribution in [0.3, 0.4) is 0 Å². The summed E-state index contributed by atoms with van der Waals surface area (Å²) in [4.78, 5) is 23.1. The van der Waals surface area contributed by atoms with E-state index in [1.165, 1.54) is 6.08 Å². The summed E-state index contributed by atoms with van der Waals surface area (Å²) in [5.41, 5.74) is 1.04. The number of carbonyl (C=O) groups is 2. The van der Waals surface area contributed by atoms with Crippen LogP contribution in [-0.2, 0) is 20.7 Å². The second-order valence-corrected chi connectivity index (χ2v) is 5.47. The Labute approximate surface area is 140 Å². The van der Waals surface area contributed by atoms with Crippen LogP contribution in [0.4, 0.5) is 0 Å². The molecule has 0 radical (unpaired) electrons. The molecule has 0 aliphatic heterocycles. The number of aryl methyl sites for hydroxylation is 1. The van der Waals surface area contributed by atoms with E-state index in [1.807, 2.05) is 42.5 Å². The molecule has 0 heterocycles. The fraction of sp³-hybridized carbons (Fsp3) is 0.263. The number of ether oxygens (including phenoxy) is 1. The van der Waals surface area contributed by atoms with Crippen molar-refractivity contribution in [2.24, 2.45) is 0 Å². The average molecular weight is 327 g/mol. The topological polar surface area (TPSA) is 75.6 Å². The van der Waals surface area contributed by atoms with Crippen LogP contribution >= 0.6 is 0 Å². The molecule has 0 saturated heterocycles. The summed E-state index contributed by atoms with van der Waals surface area (Å²) in [6.45, 7) is 3.65. The molecule has 0 aromatic heterocycles. The van der Waals surface area contributed by atoms with Gasteiger partial charge in [-0.2, -0.15) is 0 Å². The van der Waals surface area contributed by atoms with Gasteiger partial charge in [0.1, 0.15) is 0 Å². The summed E-state index contributed by atoms with van der Waals surface area (Å²) in [5.74, 6) is -1.42. The van der Waals surface area contributed by atoms with Crippen molar-refractivity contribution in [3.8, 4) is 0 Å². The van der Waals surface area contributed by atoms with Crippen LogP contribution < -0.4 is 5.32 Å². The Balaban J connectivity index is 1.88. The van der Waals surface area contributed by atoms with Gasteiger partial charge < -0.3 is 15.2 Å². The first kappa shape index (κ1) is 17.7. The number of hydrogen-bond donors (Lipinski definition) is 2. The third-order valence-electron chi connectivity index (χ3n) is 3.61. The van der Waals surface area contributed by atoms with Gasteiger partial charge in [-0.3, -0.25) is 4.79 Å². The quantitative estimate of drug-likeness (QED) is 0.548. The van der Waals surface area contributed by atoms with Gasteiger partial charge in [0.25, 0.3) is 0 Å². The van der Waals surface area contributed by atoms with Crippen molar-refractivity contribution < 1.29 is 19.4 Å². The maximum Gasteiger partial charge on any atom is 0.328 e. The molecule has 2 N–H and O–H groups in total. The van der Waals surface area contributed by atoms with Gasteiger partial charge in [-0.25, -0.2) is 4.79 Å². The molecule has 1 amide bonds. The normalized spacial score (nSPS) is 11.8. The Kier molecular flexibility index (Phi) is 6.51. The largest absolute Gasteiger partial charge is 0.480 e. The minimum atomic E-state index is -1.11. The molecule has 0 aliphatic rings. The lowest BCUT2D eigenvalue weighted by atomic mass is 10.0. The highest BCUT2D eigenvalue weighted by atomic mass is 16.5. The summed E-state index contributed by atoms with van der Waals surface area (Å²) >= 11 is 0. The van der Waals surface area contributed by atoms with Crippen molar-refractivity contribution in [3.05, 3.63) is 60.7 Å². The standard InChI is InChI=1S/C19H21NO4/c1-2-11-24-13-17(19(22)23)20-18(21)10-8-14-7-9-15-5-3-4-6-16(15)12-14/h2-7,9,12,17H,1,8,10-11,13H2,(H,20,21)(H,22,23). The van der Waals surface area contributed by atoms with E-state index in [9.17, 15) is 9.59 Å². The molecule has 2 rings (SSSR count). The van der Waals surface area contributed by atoms with Crippen molar-refractivity contribution in [2.75, 3.05) is 13.2 Å². The second kappa shape index (κ2) is 8.84. The molecule has 0 aliphatic carbocycles. The number of rotatable bonds is 9. The van der Waals surface area contributed by atoms with Crippen molar-refractivity contribution in [1.29, 1.82) is 0 Å². The molecule has 24 heavy (non-hydrogen) atoms. The minimum Gasteiger partial charge on any atom is -0.480 e. The lowest BCUT2D eigenvalue weighted by molar-refractivity contribution is -0.143. The number of aliphatic carboxylic acids is 1. The van der Waals surface area contributed by atoms with Crippen LogP contribution in [0.5, 0.6) is 0 Å². The fourth-order valence-electron chi connectivity index (χ4n) is 2.36. The molecule has 0 spiro atoms. The molecule has 1 atom stereocenters. The predicted octanol–water partition coefficient (Wildman–Crippen LogP) is 2.54. The van der Waals surface area contributed by atoms with E-state index < -0.39 is 12.0 Å². The number of amides is 1. The van der Waals surface area contributed by atoms with Gasteiger partial charge in [0.2, 0.25) is 5.91 Å². The maximum atomic E-state index is 12.0. The summed E-state index contributed by atoms with van der Waals surface area (Å²) in [6.07, 6.45) is 2.31. The number of hydrogen-bond acceptors (Lipinski definition) is 3. The van der Waals surface area contributed by atoms with Crippen molar-refractivity contribution >= 4 is 22.6 Å². The van der Waals surface area contributed by atoms with Gasteiger partial charge >= 0.3 is 5.97 Å². The van der Waals surface area contributed by atoms with Crippen LogP contribution in [0.2, 0.25) is 0 Å². The monoisotopic (exact) mass is 327 g/mol. The molecule has 2 aromatic rings. The summed E-state index contributed by atoms with van der Waals surface area (Å²) < 4.78 is 5.10. The molecule has 5 heteroatoms. The lowest BCUT2D eigenvalue weighted by Gasteiger charge is -2.14. The van der Waals surface area contributed by atoms with Gasteiger partial charge in [-0.05, 0) is 22.8 Å². The highest BCUT2D eigenvalue weighted by molar-refractivity contribution is 5.85. The van der Waals surface area contributed by atoms with Crippen molar-refractivity contribution in [3.63, 3.8) is 0 Å². The van der Waals surface area contributed by atoms with E-state index in [2.05, 4.69) is 11.9 Å². The van der Waals surface area contributed by atoms with Crippen molar-refractivity contribution in [2.45, 2.75) is 18.9 Å². The minimum absolute atomic E-state index is 0.0803. The third kappa shape index (κ3) is 5.21. The van der Waals surface area contributed by atoms with Crippen LogP contribution in [0.25, 0.3) is 10.8 Å².